The minimum absolute atomic E-state index is 0.0165. The third-order valence-electron chi connectivity index (χ3n) is 16.6. The van der Waals surface area contributed by atoms with Gasteiger partial charge in [0.2, 0.25) is 5.79 Å². The Morgan fingerprint density at radius 2 is 0.925 bits per heavy atom. The minimum Gasteiger partial charge on any atom is -0.414 e. The molecular formula is C65H92O12Si3. The molecule has 15 heteroatoms. The van der Waals surface area contributed by atoms with Gasteiger partial charge >= 0.3 is 17.1 Å². The van der Waals surface area contributed by atoms with E-state index in [9.17, 15) is 0 Å². The molecule has 0 N–H and O–H groups in total. The molecule has 80 heavy (non-hydrogen) atoms. The Hall–Kier alpha value is -3.73. The van der Waals surface area contributed by atoms with Gasteiger partial charge in [0.05, 0.1) is 52.9 Å². The molecule has 0 radical (unpaired) electrons. The molecule has 9 atom stereocenters. The van der Waals surface area contributed by atoms with Crippen molar-refractivity contribution < 1.29 is 55.3 Å². The van der Waals surface area contributed by atoms with Crippen molar-refractivity contribution in [3.63, 3.8) is 0 Å². The van der Waals surface area contributed by atoms with Gasteiger partial charge in [-0.25, -0.2) is 0 Å². The Morgan fingerprint density at radius 1 is 0.512 bits per heavy atom. The van der Waals surface area contributed by atoms with Crippen molar-refractivity contribution in [2.45, 2.75) is 204 Å². The molecule has 3 saturated heterocycles. The lowest BCUT2D eigenvalue weighted by molar-refractivity contribution is -0.395. The Labute approximate surface area is 482 Å². The third-order valence-corrected chi connectivity index (χ3v) is 31.4. The average Bonchev–Trinajstić information content (AvgIpc) is 3.88. The maximum Gasteiger partial charge on any atom is 0.335 e. The largest absolute Gasteiger partial charge is 0.414 e. The van der Waals surface area contributed by atoms with Gasteiger partial charge in [-0.05, 0) is 68.1 Å². The number of benzene rings is 5. The molecule has 3 aliphatic rings. The first-order valence-electron chi connectivity index (χ1n) is 29.2. The summed E-state index contributed by atoms with van der Waals surface area (Å²) in [4.78, 5) is 0. The second kappa shape index (κ2) is 27.8. The molecule has 2 bridgehead atoms. The average molecular weight is 1150 g/mol. The van der Waals surface area contributed by atoms with Crippen molar-refractivity contribution in [1.29, 1.82) is 0 Å². The summed E-state index contributed by atoms with van der Waals surface area (Å²) < 4.78 is 89.6. The fourth-order valence-corrected chi connectivity index (χ4v) is 23.2. The number of hydrogen-bond acceptors (Lipinski definition) is 12. The van der Waals surface area contributed by atoms with Crippen LogP contribution in [0.25, 0.3) is 0 Å². The molecule has 8 rings (SSSR count). The molecule has 0 unspecified atom stereocenters. The van der Waals surface area contributed by atoms with Crippen molar-refractivity contribution in [3.05, 3.63) is 179 Å². The lowest BCUT2D eigenvalue weighted by Gasteiger charge is -2.50. The SMILES string of the molecule is CC(C)[Si]1(C(C)C)OC[C@@]2(O[C@H]3O[C@H](COCc4ccccc4)[C@@H](OCc4ccccc4)[C@H](OCc4ccccc4)[C@H]3OCc3ccccc3)O[C@H](CO[Si](C)(C)C(C)(C)C)[C@@H](O[Si](C(C)C)(C(C)C)O1)[C@@H]2OCc1ccccc1. The van der Waals surface area contributed by atoms with Gasteiger partial charge in [0.1, 0.15) is 42.7 Å². The zero-order chi connectivity index (χ0) is 57.1. The summed E-state index contributed by atoms with van der Waals surface area (Å²) in [7, 11) is -8.96. The van der Waals surface area contributed by atoms with Crippen LogP contribution in [0, 0.1) is 0 Å². The van der Waals surface area contributed by atoms with E-state index in [4.69, 9.17) is 55.3 Å². The molecule has 3 fully saturated rings. The highest BCUT2D eigenvalue weighted by atomic mass is 28.5. The molecule has 0 spiro atoms. The standard InChI is InChI=1S/C65H92O12Si3/c1-47(2)79(48(3)4)72-46-65(62(70-43-55-37-27-18-28-38-55)59(76-80(77-79,49(5)6)50(7)8)57(74-65)45-71-78(12,13)64(9,10)11)75-63-61(69-42-54-35-25-17-26-36-54)60(68-41-53-33-23-16-24-34-53)58(67-40-52-31-21-15-22-32-52)56(73-63)44-66-39-51-29-19-14-20-30-51/h14-38,47-50,56-63H,39-46H2,1-13H3/t56-,57-,58-,59-,60+,61-,62+,63-,65+/m1/s1. The molecule has 436 valence electrons. The third kappa shape index (κ3) is 15.0. The fraction of sp³-hybridized carbons (Fsp3) is 0.538. The van der Waals surface area contributed by atoms with Crippen LogP contribution >= 0.6 is 0 Å². The van der Waals surface area contributed by atoms with Crippen molar-refractivity contribution in [2.75, 3.05) is 19.8 Å². The van der Waals surface area contributed by atoms with Crippen LogP contribution in [0.15, 0.2) is 152 Å². The molecule has 5 aromatic rings. The summed E-state index contributed by atoms with van der Waals surface area (Å²) in [5, 5.41) is -0.0880. The van der Waals surface area contributed by atoms with Crippen LogP contribution in [0.5, 0.6) is 0 Å². The van der Waals surface area contributed by atoms with E-state index in [1.165, 1.54) is 0 Å². The molecule has 0 aliphatic carbocycles. The van der Waals surface area contributed by atoms with Gasteiger partial charge in [-0.2, -0.15) is 0 Å². The first-order chi connectivity index (χ1) is 38.3. The van der Waals surface area contributed by atoms with E-state index in [2.05, 4.69) is 150 Å². The molecule has 3 aliphatic heterocycles. The highest BCUT2D eigenvalue weighted by Gasteiger charge is 2.68. The summed E-state index contributed by atoms with van der Waals surface area (Å²) in [6, 6.07) is 50.8. The molecule has 5 aromatic carbocycles. The van der Waals surface area contributed by atoms with Crippen LogP contribution in [0.3, 0.4) is 0 Å². The van der Waals surface area contributed by atoms with Crippen molar-refractivity contribution in [2.24, 2.45) is 0 Å². The quantitative estimate of drug-likeness (QED) is 0.0519. The van der Waals surface area contributed by atoms with Gasteiger partial charge in [-0.15, -0.1) is 0 Å². The van der Waals surface area contributed by atoms with Crippen LogP contribution in [0.4, 0.5) is 0 Å². The van der Waals surface area contributed by atoms with Gasteiger partial charge < -0.3 is 55.3 Å². The lowest BCUT2D eigenvalue weighted by Crippen LogP contribution is -2.65. The monoisotopic (exact) mass is 1150 g/mol. The van der Waals surface area contributed by atoms with Crippen LogP contribution in [-0.4, -0.2) is 100 Å². The summed E-state index contributed by atoms with van der Waals surface area (Å²) >= 11 is 0. The summed E-state index contributed by atoms with van der Waals surface area (Å²) in [6.07, 6.45) is -6.62. The van der Waals surface area contributed by atoms with Crippen LogP contribution in [0.1, 0.15) is 104 Å². The number of hydrogen-bond donors (Lipinski definition) is 0. The maximum atomic E-state index is 8.00. The Morgan fingerprint density at radius 3 is 1.36 bits per heavy atom. The van der Waals surface area contributed by atoms with Gasteiger partial charge in [-0.3, -0.25) is 0 Å². The Kier molecular flexibility index (Phi) is 21.6. The molecule has 3 heterocycles. The topological polar surface area (TPSA) is 111 Å². The predicted octanol–water partition coefficient (Wildman–Crippen LogP) is 14.4. The smallest absolute Gasteiger partial charge is 0.335 e. The zero-order valence-electron chi connectivity index (χ0n) is 49.9. The number of ether oxygens (including phenoxy) is 8. The Balaban J connectivity index is 1.31. The fourth-order valence-electron chi connectivity index (χ4n) is 11.0. The summed E-state index contributed by atoms with van der Waals surface area (Å²) in [5.41, 5.74) is 5.05. The van der Waals surface area contributed by atoms with E-state index in [1.807, 2.05) is 91.0 Å². The van der Waals surface area contributed by atoms with E-state index in [1.54, 1.807) is 0 Å². The van der Waals surface area contributed by atoms with E-state index in [0.29, 0.717) is 6.61 Å². The summed E-state index contributed by atoms with van der Waals surface area (Å²) in [5.74, 6) is -1.69. The highest BCUT2D eigenvalue weighted by molar-refractivity contribution is 6.84. The zero-order valence-corrected chi connectivity index (χ0v) is 52.9. The van der Waals surface area contributed by atoms with Gasteiger partial charge in [0, 0.05) is 0 Å². The van der Waals surface area contributed by atoms with Crippen LogP contribution in [-0.2, 0) is 88.3 Å². The molecule has 0 aromatic heterocycles. The van der Waals surface area contributed by atoms with Crippen molar-refractivity contribution >= 4 is 25.4 Å². The van der Waals surface area contributed by atoms with E-state index >= 15 is 0 Å². The molecule has 0 saturated carbocycles. The maximum absolute atomic E-state index is 8.00. The van der Waals surface area contributed by atoms with Gasteiger partial charge in [0.15, 0.2) is 14.6 Å². The summed E-state index contributed by atoms with van der Waals surface area (Å²) in [6.45, 7) is 30.8. The van der Waals surface area contributed by atoms with E-state index < -0.39 is 80.2 Å². The first kappa shape index (κ1) is 62.3. The molecule has 12 nitrogen and oxygen atoms in total. The van der Waals surface area contributed by atoms with E-state index in [0.717, 1.165) is 27.8 Å². The second-order valence-corrected chi connectivity index (χ2v) is 38.4. The number of fused-ring (bicyclic) bond motifs is 2. The van der Waals surface area contributed by atoms with E-state index in [-0.39, 0.29) is 73.5 Å². The van der Waals surface area contributed by atoms with Gasteiger partial charge in [0.25, 0.3) is 0 Å². The predicted molar refractivity (Wildman–Crippen MR) is 320 cm³/mol. The van der Waals surface area contributed by atoms with Crippen molar-refractivity contribution in [3.8, 4) is 0 Å². The number of rotatable bonds is 25. The van der Waals surface area contributed by atoms with Gasteiger partial charge in [-0.1, -0.05) is 228 Å². The molecular weight excluding hydrogens is 1060 g/mol. The van der Waals surface area contributed by atoms with Crippen LogP contribution in [0.2, 0.25) is 40.3 Å². The lowest BCUT2D eigenvalue weighted by atomic mass is 9.97. The molecule has 0 amide bonds. The van der Waals surface area contributed by atoms with Crippen LogP contribution < -0.4 is 0 Å². The second-order valence-electron chi connectivity index (χ2n) is 24.7. The highest BCUT2D eigenvalue weighted by Crippen LogP contribution is 2.51. The van der Waals surface area contributed by atoms with Crippen molar-refractivity contribution in [1.82, 2.24) is 0 Å². The normalized spacial score (nSPS) is 26.2. The first-order valence-corrected chi connectivity index (χ1v) is 36.0. The minimum atomic E-state index is -3.31. The Bertz CT molecular complexity index is 2570.